The molecule has 27 heavy (non-hydrogen) atoms. The highest BCUT2D eigenvalue weighted by molar-refractivity contribution is 7.89. The number of halogens is 1. The zero-order valence-electron chi connectivity index (χ0n) is 15.8. The van der Waals surface area contributed by atoms with Gasteiger partial charge in [-0.2, -0.15) is 9.82 Å². The van der Waals surface area contributed by atoms with Crippen molar-refractivity contribution in [3.63, 3.8) is 0 Å². The number of nitrogens with one attached hydrogen (secondary N) is 2. The molecule has 2 aromatic rings. The van der Waals surface area contributed by atoms with Gasteiger partial charge >= 0.3 is 0 Å². The van der Waals surface area contributed by atoms with E-state index in [1.165, 1.54) is 11.6 Å². The Morgan fingerprint density at radius 2 is 1.85 bits per heavy atom. The third-order valence-electron chi connectivity index (χ3n) is 4.13. The minimum Gasteiger partial charge on any atom is -0.399 e. The van der Waals surface area contributed by atoms with Gasteiger partial charge in [-0.25, -0.2) is 8.42 Å². The molecular weight excluding hydrogens is 390 g/mol. The number of rotatable bonds is 7. The van der Waals surface area contributed by atoms with Crippen LogP contribution in [0.2, 0.25) is 0 Å². The van der Waals surface area contributed by atoms with Crippen LogP contribution in [0.5, 0.6) is 0 Å². The first kappa shape index (κ1) is 22.9. The minimum atomic E-state index is -3.84. The van der Waals surface area contributed by atoms with Crippen LogP contribution in [0.15, 0.2) is 29.2 Å². The number of carbonyl (C=O) groups is 1. The highest BCUT2D eigenvalue weighted by Crippen LogP contribution is 2.18. The summed E-state index contributed by atoms with van der Waals surface area (Å²) in [6.07, 6.45) is 0.631. The molecule has 0 fully saturated rings. The predicted molar refractivity (Wildman–Crippen MR) is 107 cm³/mol. The summed E-state index contributed by atoms with van der Waals surface area (Å²) < 4.78 is 29.1. The number of aromatic nitrogens is 2. The van der Waals surface area contributed by atoms with Gasteiger partial charge in [-0.15, -0.1) is 12.4 Å². The van der Waals surface area contributed by atoms with Crippen molar-refractivity contribution in [3.8, 4) is 0 Å². The monoisotopic (exact) mass is 415 g/mol. The van der Waals surface area contributed by atoms with Crippen LogP contribution in [0.4, 0.5) is 5.69 Å². The molecule has 150 valence electrons. The van der Waals surface area contributed by atoms with Crippen LogP contribution in [0.3, 0.4) is 0 Å². The first-order valence-corrected chi connectivity index (χ1v) is 9.75. The Morgan fingerprint density at radius 3 is 2.37 bits per heavy atom. The second-order valence-electron chi connectivity index (χ2n) is 6.25. The van der Waals surface area contributed by atoms with Crippen molar-refractivity contribution >= 4 is 34.0 Å². The van der Waals surface area contributed by atoms with E-state index in [0.717, 1.165) is 5.56 Å². The smallest absolute Gasteiger partial charge is 0.244 e. The number of amides is 1. The summed E-state index contributed by atoms with van der Waals surface area (Å²) in [6.45, 7) is 5.21. The van der Waals surface area contributed by atoms with E-state index in [1.54, 1.807) is 33.0 Å². The molecule has 0 saturated heterocycles. The molecule has 0 radical (unpaired) electrons. The molecule has 0 saturated carbocycles. The maximum absolute atomic E-state index is 12.6. The molecule has 0 aliphatic rings. The molecule has 0 aliphatic carbocycles. The highest BCUT2D eigenvalue weighted by atomic mass is 35.5. The van der Waals surface area contributed by atoms with E-state index in [-0.39, 0.29) is 23.2 Å². The lowest BCUT2D eigenvalue weighted by Crippen LogP contribution is -2.45. The number of hydrogen-bond acceptors (Lipinski definition) is 5. The van der Waals surface area contributed by atoms with Crippen molar-refractivity contribution < 1.29 is 13.2 Å². The van der Waals surface area contributed by atoms with Crippen LogP contribution in [0.1, 0.15) is 23.9 Å². The molecule has 2 rings (SSSR count). The van der Waals surface area contributed by atoms with Gasteiger partial charge in [-0.1, -0.05) is 12.1 Å². The van der Waals surface area contributed by atoms with Gasteiger partial charge in [-0.05, 0) is 44.9 Å². The van der Waals surface area contributed by atoms with E-state index >= 15 is 0 Å². The molecule has 4 N–H and O–H groups in total. The van der Waals surface area contributed by atoms with E-state index in [2.05, 4.69) is 15.1 Å². The summed E-state index contributed by atoms with van der Waals surface area (Å²) in [7, 11) is -2.16. The SMILES string of the molecule is Cc1nn(C)c(C)c1S(=O)(=O)NC(C)C(=O)NCCc1ccc(N)cc1.Cl. The van der Waals surface area contributed by atoms with Crippen molar-refractivity contribution in [2.75, 3.05) is 12.3 Å². The van der Waals surface area contributed by atoms with E-state index in [4.69, 9.17) is 5.73 Å². The van der Waals surface area contributed by atoms with Crippen LogP contribution in [-0.2, 0) is 28.3 Å². The number of sulfonamides is 1. The van der Waals surface area contributed by atoms with Crippen LogP contribution >= 0.6 is 12.4 Å². The van der Waals surface area contributed by atoms with E-state index in [1.807, 2.05) is 12.1 Å². The lowest BCUT2D eigenvalue weighted by molar-refractivity contribution is -0.122. The fourth-order valence-corrected chi connectivity index (χ4v) is 4.30. The molecule has 1 aromatic heterocycles. The van der Waals surface area contributed by atoms with Gasteiger partial charge in [0.2, 0.25) is 15.9 Å². The standard InChI is InChI=1S/C17H25N5O3S.ClH/c1-11-16(13(3)22(4)20-11)26(24,25)21-12(2)17(23)19-10-9-14-5-7-15(18)8-6-14;/h5-8,12,21H,9-10,18H2,1-4H3,(H,19,23);1H. The molecule has 1 heterocycles. The minimum absolute atomic E-state index is 0. The molecule has 1 amide bonds. The molecule has 10 heteroatoms. The number of nitrogens with two attached hydrogens (primary N) is 1. The fourth-order valence-electron chi connectivity index (χ4n) is 2.66. The maximum Gasteiger partial charge on any atom is 0.244 e. The Hall–Kier alpha value is -2.10. The number of carbonyl (C=O) groups excluding carboxylic acids is 1. The molecule has 8 nitrogen and oxygen atoms in total. The van der Waals surface area contributed by atoms with E-state index < -0.39 is 16.1 Å². The average Bonchev–Trinajstić information content (AvgIpc) is 2.81. The molecule has 0 aliphatic heterocycles. The Morgan fingerprint density at radius 1 is 1.26 bits per heavy atom. The van der Waals surface area contributed by atoms with Crippen molar-refractivity contribution in [2.45, 2.75) is 38.1 Å². The van der Waals surface area contributed by atoms with Gasteiger partial charge < -0.3 is 11.1 Å². The predicted octanol–water partition coefficient (Wildman–Crippen LogP) is 1.07. The summed E-state index contributed by atoms with van der Waals surface area (Å²) in [5, 5.41) is 6.84. The fraction of sp³-hybridized carbons (Fsp3) is 0.412. The average molecular weight is 416 g/mol. The van der Waals surface area contributed by atoms with Gasteiger partial charge in [0.05, 0.1) is 17.4 Å². The Balaban J connectivity index is 0.00000364. The van der Waals surface area contributed by atoms with Crippen LogP contribution in [0, 0.1) is 13.8 Å². The first-order chi connectivity index (χ1) is 12.1. The van der Waals surface area contributed by atoms with Crippen LogP contribution in [0.25, 0.3) is 0 Å². The molecule has 1 atom stereocenters. The zero-order valence-corrected chi connectivity index (χ0v) is 17.4. The van der Waals surface area contributed by atoms with E-state index in [9.17, 15) is 13.2 Å². The normalized spacial score (nSPS) is 12.3. The Kier molecular flexibility index (Phi) is 7.82. The Labute approximate surface area is 166 Å². The second kappa shape index (κ2) is 9.20. The number of hydrogen-bond donors (Lipinski definition) is 3. The van der Waals surface area contributed by atoms with Gasteiger partial charge in [0.25, 0.3) is 0 Å². The van der Waals surface area contributed by atoms with Gasteiger partial charge in [-0.3, -0.25) is 9.48 Å². The lowest BCUT2D eigenvalue weighted by atomic mass is 10.1. The third kappa shape index (κ3) is 5.69. The van der Waals surface area contributed by atoms with Crippen molar-refractivity contribution in [1.82, 2.24) is 19.8 Å². The van der Waals surface area contributed by atoms with Crippen molar-refractivity contribution in [1.29, 1.82) is 0 Å². The molecule has 0 spiro atoms. The zero-order chi connectivity index (χ0) is 19.5. The maximum atomic E-state index is 12.6. The molecule has 1 unspecified atom stereocenters. The summed E-state index contributed by atoms with van der Waals surface area (Å²) in [5.74, 6) is -0.386. The summed E-state index contributed by atoms with van der Waals surface area (Å²) in [6, 6.07) is 6.48. The molecule has 0 bridgehead atoms. The second-order valence-corrected chi connectivity index (χ2v) is 7.90. The largest absolute Gasteiger partial charge is 0.399 e. The molecular formula is C17H26ClN5O3S. The number of aryl methyl sites for hydroxylation is 2. The van der Waals surface area contributed by atoms with E-state index in [0.29, 0.717) is 30.0 Å². The van der Waals surface area contributed by atoms with Crippen LogP contribution < -0.4 is 15.8 Å². The lowest BCUT2D eigenvalue weighted by Gasteiger charge is -2.15. The summed E-state index contributed by atoms with van der Waals surface area (Å²) >= 11 is 0. The third-order valence-corrected chi connectivity index (χ3v) is 5.92. The van der Waals surface area contributed by atoms with Gasteiger partial charge in [0.1, 0.15) is 4.90 Å². The number of benzene rings is 1. The van der Waals surface area contributed by atoms with Gasteiger partial charge in [0.15, 0.2) is 0 Å². The van der Waals surface area contributed by atoms with Gasteiger partial charge in [0, 0.05) is 19.3 Å². The quantitative estimate of drug-likeness (QED) is 0.584. The summed E-state index contributed by atoms with van der Waals surface area (Å²) in [5.41, 5.74) is 8.27. The van der Waals surface area contributed by atoms with Crippen molar-refractivity contribution in [3.05, 3.63) is 41.2 Å². The van der Waals surface area contributed by atoms with Crippen molar-refractivity contribution in [2.24, 2.45) is 7.05 Å². The topological polar surface area (TPSA) is 119 Å². The number of anilines is 1. The number of nitrogen functional groups attached to an aromatic ring is 1. The Bertz CT molecular complexity index is 894. The highest BCUT2D eigenvalue weighted by Gasteiger charge is 2.27. The van der Waals surface area contributed by atoms with Crippen LogP contribution in [-0.4, -0.2) is 36.7 Å². The number of nitrogens with zero attached hydrogens (tertiary/aromatic N) is 2. The first-order valence-electron chi connectivity index (χ1n) is 8.26. The molecule has 1 aromatic carbocycles. The summed E-state index contributed by atoms with van der Waals surface area (Å²) in [4.78, 5) is 12.3.